The minimum absolute atomic E-state index is 0.0483. The molecule has 0 atom stereocenters. The summed E-state index contributed by atoms with van der Waals surface area (Å²) in [6.07, 6.45) is 6.23. The zero-order chi connectivity index (χ0) is 15.3. The van der Waals surface area contributed by atoms with Gasteiger partial charge in [0.1, 0.15) is 10.7 Å². The van der Waals surface area contributed by atoms with E-state index in [9.17, 15) is 8.42 Å². The van der Waals surface area contributed by atoms with Crippen LogP contribution in [0.1, 0.15) is 51.2 Å². The Hall–Kier alpha value is -0.370. The molecule has 0 amide bonds. The second kappa shape index (κ2) is 7.76. The molecule has 120 valence electrons. The van der Waals surface area contributed by atoms with Gasteiger partial charge in [-0.25, -0.2) is 13.1 Å². The predicted octanol–water partition coefficient (Wildman–Crippen LogP) is 3.15. The molecule has 0 saturated heterocycles. The van der Waals surface area contributed by atoms with Crippen LogP contribution in [0.5, 0.6) is 0 Å². The molecular formula is C14H23BrN2O3S. The zero-order valence-electron chi connectivity index (χ0n) is 12.3. The lowest BCUT2D eigenvalue weighted by Gasteiger charge is -2.22. The number of halogens is 1. The van der Waals surface area contributed by atoms with Crippen LogP contribution < -0.4 is 10.0 Å². The minimum Gasteiger partial charge on any atom is -0.452 e. The van der Waals surface area contributed by atoms with Gasteiger partial charge >= 0.3 is 0 Å². The van der Waals surface area contributed by atoms with Crippen molar-refractivity contribution in [3.05, 3.63) is 16.5 Å². The number of hydrogen-bond acceptors (Lipinski definition) is 4. The molecule has 1 aromatic rings. The van der Waals surface area contributed by atoms with E-state index in [1.165, 1.54) is 6.42 Å². The first-order valence-electron chi connectivity index (χ1n) is 7.54. The van der Waals surface area contributed by atoms with E-state index in [-0.39, 0.29) is 15.6 Å². The van der Waals surface area contributed by atoms with Crippen molar-refractivity contribution in [2.24, 2.45) is 0 Å². The summed E-state index contributed by atoms with van der Waals surface area (Å²) in [5.74, 6) is 0.624. The van der Waals surface area contributed by atoms with Crippen molar-refractivity contribution in [2.45, 2.75) is 62.9 Å². The Bertz CT molecular complexity index is 551. The molecule has 0 bridgehead atoms. The van der Waals surface area contributed by atoms with Gasteiger partial charge in [0.2, 0.25) is 10.0 Å². The molecule has 1 aliphatic rings. The Morgan fingerprint density at radius 1 is 1.33 bits per heavy atom. The summed E-state index contributed by atoms with van der Waals surface area (Å²) in [6, 6.07) is 1.64. The van der Waals surface area contributed by atoms with Gasteiger partial charge < -0.3 is 9.73 Å². The van der Waals surface area contributed by atoms with Gasteiger partial charge in [-0.3, -0.25) is 0 Å². The van der Waals surface area contributed by atoms with Crippen molar-refractivity contribution >= 4 is 26.0 Å². The molecule has 0 aliphatic heterocycles. The quantitative estimate of drug-likeness (QED) is 0.714. The molecule has 0 radical (unpaired) electrons. The fourth-order valence-electron chi connectivity index (χ4n) is 2.56. The van der Waals surface area contributed by atoms with Crippen LogP contribution in [0.25, 0.3) is 0 Å². The Labute approximate surface area is 135 Å². The molecule has 1 aliphatic carbocycles. The Morgan fingerprint density at radius 2 is 2.05 bits per heavy atom. The minimum atomic E-state index is -3.52. The van der Waals surface area contributed by atoms with E-state index < -0.39 is 10.0 Å². The summed E-state index contributed by atoms with van der Waals surface area (Å²) < 4.78 is 33.4. The lowest BCUT2D eigenvalue weighted by Crippen LogP contribution is -2.36. The van der Waals surface area contributed by atoms with Crippen LogP contribution >= 0.6 is 15.9 Å². The Balaban J connectivity index is 2.04. The molecule has 1 heterocycles. The maximum absolute atomic E-state index is 12.4. The van der Waals surface area contributed by atoms with Gasteiger partial charge in [0, 0.05) is 12.1 Å². The average Bonchev–Trinajstić information content (AvgIpc) is 2.82. The van der Waals surface area contributed by atoms with Gasteiger partial charge in [-0.05, 0) is 41.7 Å². The molecule has 1 fully saturated rings. The molecule has 5 nitrogen and oxygen atoms in total. The van der Waals surface area contributed by atoms with Gasteiger partial charge in [0.25, 0.3) is 0 Å². The number of nitrogens with one attached hydrogen (secondary N) is 2. The standard InChI is InChI=1S/C14H23BrN2O3S/c1-2-8-16-10-12-9-13(14(15)20-12)21(18,19)17-11-6-4-3-5-7-11/h9,11,16-17H,2-8,10H2,1H3. The third kappa shape index (κ3) is 4.81. The first-order valence-corrected chi connectivity index (χ1v) is 9.82. The van der Waals surface area contributed by atoms with Gasteiger partial charge in [0.15, 0.2) is 4.67 Å². The molecular weight excluding hydrogens is 356 g/mol. The van der Waals surface area contributed by atoms with E-state index in [2.05, 4.69) is 32.9 Å². The Kier molecular flexibility index (Phi) is 6.28. The highest BCUT2D eigenvalue weighted by molar-refractivity contribution is 9.10. The molecule has 0 unspecified atom stereocenters. The molecule has 2 N–H and O–H groups in total. The summed E-state index contributed by atoms with van der Waals surface area (Å²) >= 11 is 3.21. The molecule has 7 heteroatoms. The highest BCUT2D eigenvalue weighted by Crippen LogP contribution is 2.27. The van der Waals surface area contributed by atoms with E-state index in [0.717, 1.165) is 38.6 Å². The normalized spacial score (nSPS) is 17.2. The average molecular weight is 379 g/mol. The van der Waals surface area contributed by atoms with Crippen LogP contribution in [0.3, 0.4) is 0 Å². The third-order valence-electron chi connectivity index (χ3n) is 3.65. The second-order valence-electron chi connectivity index (χ2n) is 5.48. The molecule has 1 aromatic heterocycles. The van der Waals surface area contributed by atoms with E-state index in [1.807, 2.05) is 0 Å². The molecule has 2 rings (SSSR count). The van der Waals surface area contributed by atoms with Crippen LogP contribution in [-0.2, 0) is 16.6 Å². The van der Waals surface area contributed by atoms with Crippen LogP contribution in [0, 0.1) is 0 Å². The number of furan rings is 1. The fraction of sp³-hybridized carbons (Fsp3) is 0.714. The lowest BCUT2D eigenvalue weighted by molar-refractivity contribution is 0.411. The highest BCUT2D eigenvalue weighted by Gasteiger charge is 2.26. The monoisotopic (exact) mass is 378 g/mol. The van der Waals surface area contributed by atoms with Gasteiger partial charge in [0.05, 0.1) is 6.54 Å². The predicted molar refractivity (Wildman–Crippen MR) is 85.6 cm³/mol. The van der Waals surface area contributed by atoms with Gasteiger partial charge in [-0.1, -0.05) is 26.2 Å². The van der Waals surface area contributed by atoms with E-state index in [0.29, 0.717) is 12.3 Å². The van der Waals surface area contributed by atoms with Crippen LogP contribution in [0.2, 0.25) is 0 Å². The molecule has 0 spiro atoms. The second-order valence-corrected chi connectivity index (χ2v) is 7.89. The first kappa shape index (κ1) is 17.0. The van der Waals surface area contributed by atoms with Crippen LogP contribution in [0.4, 0.5) is 0 Å². The lowest BCUT2D eigenvalue weighted by atomic mass is 9.96. The van der Waals surface area contributed by atoms with Crippen LogP contribution in [0.15, 0.2) is 20.0 Å². The first-order chi connectivity index (χ1) is 10.0. The van der Waals surface area contributed by atoms with Crippen molar-refractivity contribution in [2.75, 3.05) is 6.54 Å². The van der Waals surface area contributed by atoms with Crippen molar-refractivity contribution in [1.82, 2.24) is 10.0 Å². The third-order valence-corrected chi connectivity index (χ3v) is 6.03. The van der Waals surface area contributed by atoms with Crippen molar-refractivity contribution in [1.29, 1.82) is 0 Å². The zero-order valence-corrected chi connectivity index (χ0v) is 14.7. The highest BCUT2D eigenvalue weighted by atomic mass is 79.9. The van der Waals surface area contributed by atoms with E-state index in [1.54, 1.807) is 6.07 Å². The number of sulfonamides is 1. The van der Waals surface area contributed by atoms with Crippen molar-refractivity contribution < 1.29 is 12.8 Å². The van der Waals surface area contributed by atoms with Crippen LogP contribution in [-0.4, -0.2) is 21.0 Å². The fourth-order valence-corrected chi connectivity index (χ4v) is 4.86. The van der Waals surface area contributed by atoms with E-state index >= 15 is 0 Å². The Morgan fingerprint density at radius 3 is 2.71 bits per heavy atom. The van der Waals surface area contributed by atoms with Crippen molar-refractivity contribution in [3.63, 3.8) is 0 Å². The maximum atomic E-state index is 12.4. The van der Waals surface area contributed by atoms with E-state index in [4.69, 9.17) is 4.42 Å². The number of hydrogen-bond donors (Lipinski definition) is 2. The SMILES string of the molecule is CCCNCc1cc(S(=O)(=O)NC2CCCCC2)c(Br)o1. The van der Waals surface area contributed by atoms with Gasteiger partial charge in [-0.15, -0.1) is 0 Å². The maximum Gasteiger partial charge on any atom is 0.245 e. The summed E-state index contributed by atoms with van der Waals surface area (Å²) in [5.41, 5.74) is 0. The summed E-state index contributed by atoms with van der Waals surface area (Å²) in [6.45, 7) is 3.49. The molecule has 0 aromatic carbocycles. The molecule has 1 saturated carbocycles. The van der Waals surface area contributed by atoms with Crippen molar-refractivity contribution in [3.8, 4) is 0 Å². The van der Waals surface area contributed by atoms with Gasteiger partial charge in [-0.2, -0.15) is 0 Å². The largest absolute Gasteiger partial charge is 0.452 e. The summed E-state index contributed by atoms with van der Waals surface area (Å²) in [4.78, 5) is 0.196. The summed E-state index contributed by atoms with van der Waals surface area (Å²) in [5, 5.41) is 3.19. The summed E-state index contributed by atoms with van der Waals surface area (Å²) in [7, 11) is -3.52. The smallest absolute Gasteiger partial charge is 0.245 e. The number of rotatable bonds is 7. The topological polar surface area (TPSA) is 71.3 Å². The molecule has 21 heavy (non-hydrogen) atoms.